The SMILES string of the molecule is CC(C)c1ccccc1OCC(O)CN1CCOC(c2cccc(Br)c2)C1.Cl. The van der Waals surface area contributed by atoms with Crippen LogP contribution in [0.1, 0.15) is 37.0 Å². The lowest BCUT2D eigenvalue weighted by atomic mass is 10.0. The van der Waals surface area contributed by atoms with E-state index >= 15 is 0 Å². The topological polar surface area (TPSA) is 41.9 Å². The second-order valence-electron chi connectivity index (χ2n) is 7.33. The Kier molecular flexibility index (Phi) is 9.25. The highest BCUT2D eigenvalue weighted by Gasteiger charge is 2.24. The third kappa shape index (κ3) is 6.46. The molecular weight excluding hydrogens is 442 g/mol. The minimum absolute atomic E-state index is 0. The number of nitrogens with zero attached hydrogens (tertiary/aromatic N) is 1. The first-order valence-corrected chi connectivity index (χ1v) is 10.3. The molecular formula is C22H29BrClNO3. The van der Waals surface area contributed by atoms with Crippen LogP contribution in [0, 0.1) is 0 Å². The van der Waals surface area contributed by atoms with Crippen molar-refractivity contribution in [3.8, 4) is 5.75 Å². The van der Waals surface area contributed by atoms with E-state index in [1.54, 1.807) is 0 Å². The number of para-hydroxylation sites is 1. The predicted molar refractivity (Wildman–Crippen MR) is 119 cm³/mol. The number of hydrogen-bond donors (Lipinski definition) is 1. The van der Waals surface area contributed by atoms with E-state index < -0.39 is 6.10 Å². The Morgan fingerprint density at radius 2 is 2.00 bits per heavy atom. The van der Waals surface area contributed by atoms with Crippen LogP contribution in [-0.4, -0.2) is 49.0 Å². The number of aliphatic hydroxyl groups is 1. The maximum Gasteiger partial charge on any atom is 0.122 e. The third-order valence-electron chi connectivity index (χ3n) is 4.81. The van der Waals surface area contributed by atoms with E-state index in [2.05, 4.69) is 52.9 Å². The number of halogens is 2. The van der Waals surface area contributed by atoms with Crippen LogP contribution in [0.5, 0.6) is 5.75 Å². The van der Waals surface area contributed by atoms with Gasteiger partial charge in [0.25, 0.3) is 0 Å². The van der Waals surface area contributed by atoms with Crippen LogP contribution in [0.15, 0.2) is 53.0 Å². The Balaban J connectivity index is 0.00000280. The molecule has 28 heavy (non-hydrogen) atoms. The summed E-state index contributed by atoms with van der Waals surface area (Å²) >= 11 is 3.52. The molecule has 2 unspecified atom stereocenters. The van der Waals surface area contributed by atoms with E-state index in [1.807, 2.05) is 30.3 Å². The first-order chi connectivity index (χ1) is 13.0. The van der Waals surface area contributed by atoms with Crippen LogP contribution in [0.4, 0.5) is 0 Å². The molecule has 0 saturated carbocycles. The van der Waals surface area contributed by atoms with Gasteiger partial charge >= 0.3 is 0 Å². The van der Waals surface area contributed by atoms with E-state index in [1.165, 1.54) is 5.56 Å². The van der Waals surface area contributed by atoms with Crippen molar-refractivity contribution in [2.45, 2.75) is 32.0 Å². The summed E-state index contributed by atoms with van der Waals surface area (Å²) < 4.78 is 12.9. The van der Waals surface area contributed by atoms with Gasteiger partial charge in [0.05, 0.1) is 12.7 Å². The van der Waals surface area contributed by atoms with Gasteiger partial charge in [0.2, 0.25) is 0 Å². The van der Waals surface area contributed by atoms with E-state index in [4.69, 9.17) is 9.47 Å². The quantitative estimate of drug-likeness (QED) is 0.631. The summed E-state index contributed by atoms with van der Waals surface area (Å²) in [6.45, 7) is 7.43. The van der Waals surface area contributed by atoms with Gasteiger partial charge < -0.3 is 14.6 Å². The number of rotatable bonds is 7. The van der Waals surface area contributed by atoms with E-state index in [-0.39, 0.29) is 18.5 Å². The fourth-order valence-corrected chi connectivity index (χ4v) is 3.82. The minimum Gasteiger partial charge on any atom is -0.491 e. The molecule has 3 rings (SSSR count). The number of hydrogen-bond acceptors (Lipinski definition) is 4. The van der Waals surface area contributed by atoms with Crippen molar-refractivity contribution >= 4 is 28.3 Å². The molecule has 0 amide bonds. The van der Waals surface area contributed by atoms with Gasteiger partial charge in [-0.15, -0.1) is 12.4 Å². The molecule has 4 nitrogen and oxygen atoms in total. The van der Waals surface area contributed by atoms with E-state index in [0.717, 1.165) is 28.9 Å². The molecule has 154 valence electrons. The largest absolute Gasteiger partial charge is 0.491 e. The lowest BCUT2D eigenvalue weighted by Gasteiger charge is -2.34. The smallest absolute Gasteiger partial charge is 0.122 e. The summed E-state index contributed by atoms with van der Waals surface area (Å²) in [7, 11) is 0. The van der Waals surface area contributed by atoms with Crippen LogP contribution in [0.2, 0.25) is 0 Å². The molecule has 1 fully saturated rings. The van der Waals surface area contributed by atoms with Gasteiger partial charge in [0.1, 0.15) is 18.5 Å². The number of morpholine rings is 1. The van der Waals surface area contributed by atoms with Crippen molar-refractivity contribution in [1.82, 2.24) is 4.90 Å². The molecule has 0 bridgehead atoms. The van der Waals surface area contributed by atoms with Crippen LogP contribution < -0.4 is 4.74 Å². The first kappa shape index (κ1) is 23.2. The number of benzene rings is 2. The van der Waals surface area contributed by atoms with Gasteiger partial charge in [-0.2, -0.15) is 0 Å². The lowest BCUT2D eigenvalue weighted by Crippen LogP contribution is -2.43. The van der Waals surface area contributed by atoms with Crippen molar-refractivity contribution in [2.75, 3.05) is 32.8 Å². The van der Waals surface area contributed by atoms with Crippen molar-refractivity contribution in [3.63, 3.8) is 0 Å². The molecule has 0 radical (unpaired) electrons. The molecule has 1 aliphatic heterocycles. The maximum absolute atomic E-state index is 10.5. The molecule has 0 aliphatic carbocycles. The van der Waals surface area contributed by atoms with Gasteiger partial charge in [0, 0.05) is 24.1 Å². The molecule has 2 aromatic carbocycles. The molecule has 0 aromatic heterocycles. The fraction of sp³-hybridized carbons (Fsp3) is 0.455. The molecule has 2 aromatic rings. The number of aliphatic hydroxyl groups excluding tert-OH is 1. The van der Waals surface area contributed by atoms with Gasteiger partial charge in [0.15, 0.2) is 0 Å². The van der Waals surface area contributed by atoms with Crippen molar-refractivity contribution < 1.29 is 14.6 Å². The van der Waals surface area contributed by atoms with Crippen LogP contribution in [0.25, 0.3) is 0 Å². The normalized spacial score (nSPS) is 18.5. The van der Waals surface area contributed by atoms with Crippen LogP contribution in [-0.2, 0) is 4.74 Å². The minimum atomic E-state index is -0.536. The van der Waals surface area contributed by atoms with Crippen LogP contribution in [0.3, 0.4) is 0 Å². The molecule has 2 atom stereocenters. The third-order valence-corrected chi connectivity index (χ3v) is 5.31. The first-order valence-electron chi connectivity index (χ1n) is 9.52. The van der Waals surface area contributed by atoms with E-state index in [0.29, 0.717) is 25.7 Å². The summed E-state index contributed by atoms with van der Waals surface area (Å²) in [4.78, 5) is 2.25. The zero-order valence-electron chi connectivity index (χ0n) is 16.4. The molecule has 6 heteroatoms. The average Bonchev–Trinajstić information content (AvgIpc) is 2.67. The highest BCUT2D eigenvalue weighted by Crippen LogP contribution is 2.27. The average molecular weight is 471 g/mol. The molecule has 1 aliphatic rings. The summed E-state index contributed by atoms with van der Waals surface area (Å²) in [6.07, 6.45) is -0.502. The summed E-state index contributed by atoms with van der Waals surface area (Å²) in [5.41, 5.74) is 2.33. The zero-order chi connectivity index (χ0) is 19.2. The highest BCUT2D eigenvalue weighted by molar-refractivity contribution is 9.10. The van der Waals surface area contributed by atoms with Crippen molar-refractivity contribution in [3.05, 3.63) is 64.1 Å². The molecule has 1 saturated heterocycles. The second-order valence-corrected chi connectivity index (χ2v) is 8.25. The Hall–Kier alpha value is -1.11. The maximum atomic E-state index is 10.5. The number of ether oxygens (including phenoxy) is 2. The van der Waals surface area contributed by atoms with Gasteiger partial charge in [-0.3, -0.25) is 4.90 Å². The zero-order valence-corrected chi connectivity index (χ0v) is 18.8. The monoisotopic (exact) mass is 469 g/mol. The van der Waals surface area contributed by atoms with Crippen molar-refractivity contribution in [1.29, 1.82) is 0 Å². The van der Waals surface area contributed by atoms with Crippen LogP contribution >= 0.6 is 28.3 Å². The predicted octanol–water partition coefficient (Wildman–Crippen LogP) is 4.81. The van der Waals surface area contributed by atoms with Gasteiger partial charge in [-0.25, -0.2) is 0 Å². The van der Waals surface area contributed by atoms with E-state index in [9.17, 15) is 5.11 Å². The standard InChI is InChI=1S/C22H28BrNO3.ClH/c1-16(2)20-8-3-4-9-21(20)27-15-19(25)13-24-10-11-26-22(14-24)17-6-5-7-18(23)12-17;/h3-9,12,16,19,22,25H,10-11,13-15H2,1-2H3;1H. The summed E-state index contributed by atoms with van der Waals surface area (Å²) in [6, 6.07) is 16.3. The highest BCUT2D eigenvalue weighted by atomic mass is 79.9. The Morgan fingerprint density at radius 1 is 1.21 bits per heavy atom. The van der Waals surface area contributed by atoms with Crippen molar-refractivity contribution in [2.24, 2.45) is 0 Å². The summed E-state index contributed by atoms with van der Waals surface area (Å²) in [5, 5.41) is 10.5. The Morgan fingerprint density at radius 3 is 2.75 bits per heavy atom. The summed E-state index contributed by atoms with van der Waals surface area (Å²) in [5.74, 6) is 1.25. The fourth-order valence-electron chi connectivity index (χ4n) is 3.40. The Bertz CT molecular complexity index is 743. The van der Waals surface area contributed by atoms with Gasteiger partial charge in [-0.05, 0) is 35.2 Å². The van der Waals surface area contributed by atoms with Gasteiger partial charge in [-0.1, -0.05) is 60.1 Å². The second kappa shape index (κ2) is 11.2. The molecule has 1 heterocycles. The lowest BCUT2D eigenvalue weighted by molar-refractivity contribution is -0.0460. The molecule has 1 N–H and O–H groups in total. The Labute approximate surface area is 182 Å². The molecule has 0 spiro atoms. The number of β-amino-alcohol motifs (C(OH)–C–C–N with tert-alkyl or cyclic N) is 1.